The van der Waals surface area contributed by atoms with Gasteiger partial charge in [0.15, 0.2) is 0 Å². The Kier molecular flexibility index (Phi) is 10.9. The van der Waals surface area contributed by atoms with Gasteiger partial charge < -0.3 is 15.3 Å². The van der Waals surface area contributed by atoms with Gasteiger partial charge in [-0.15, -0.1) is 13.1 Å². The van der Waals surface area contributed by atoms with Crippen molar-refractivity contribution in [3.63, 3.8) is 0 Å². The maximum atomic E-state index is 8.52. The second-order valence-corrected chi connectivity index (χ2v) is 9.98. The Balaban J connectivity index is 0.000000584. The molecule has 5 heteroatoms. The molecule has 0 aromatic heterocycles. The molecule has 0 unspecified atom stereocenters. The van der Waals surface area contributed by atoms with Crippen molar-refractivity contribution in [2.24, 2.45) is 5.41 Å². The molecule has 0 bridgehead atoms. The number of nitrogens with zero attached hydrogens (tertiary/aromatic N) is 2. The van der Waals surface area contributed by atoms with E-state index in [0.717, 1.165) is 37.7 Å². The van der Waals surface area contributed by atoms with Gasteiger partial charge in [-0.25, -0.2) is 0 Å². The molecule has 1 saturated heterocycles. The largest absolute Gasteiger partial charge is 0.660 e. The van der Waals surface area contributed by atoms with Gasteiger partial charge in [0.1, 0.15) is 0 Å². The van der Waals surface area contributed by atoms with E-state index in [1.54, 1.807) is 31.9 Å². The third kappa shape index (κ3) is 9.82. The van der Waals surface area contributed by atoms with Crippen LogP contribution in [-0.4, -0.2) is 48.3 Å². The fourth-order valence-electron chi connectivity index (χ4n) is 3.64. The number of benzene rings is 1. The van der Waals surface area contributed by atoms with Crippen molar-refractivity contribution < 1.29 is 37.8 Å². The predicted octanol–water partition coefficient (Wildman–Crippen LogP) is 5.77. The van der Waals surface area contributed by atoms with Crippen LogP contribution in [0.4, 0.5) is 0 Å². The zero-order valence-corrected chi connectivity index (χ0v) is 21.9. The van der Waals surface area contributed by atoms with Crippen LogP contribution in [0.25, 0.3) is 10.9 Å². The standard InChI is InChI=1S/C19H26ClN2.C4H10O.Y/c1-19(2)8-7-18(15-3-5-17(20)6-4-15)16(13-19)14-22-11-9-21-10-12-22;1-4(2,3)5;/h3-6H,7-14H2,1-2H3;5H,1-3H3;/q-1;;. The van der Waals surface area contributed by atoms with E-state index in [4.69, 9.17) is 16.7 Å². The van der Waals surface area contributed by atoms with Crippen LogP contribution in [0.2, 0.25) is 5.02 Å². The normalized spacial score (nSPS) is 20.1. The maximum absolute atomic E-state index is 8.52. The summed E-state index contributed by atoms with van der Waals surface area (Å²) in [6, 6.07) is 8.39. The second-order valence-electron chi connectivity index (χ2n) is 9.55. The SMILES string of the molecule is CC(C)(C)O.CC1(C)CCC(c2ccc(Cl)cc2)=C(CN2CC[N-]CC2)C1.[Y]. The van der Waals surface area contributed by atoms with Gasteiger partial charge in [0, 0.05) is 44.3 Å². The Hall–Kier alpha value is 0.234. The van der Waals surface area contributed by atoms with Crippen LogP contribution in [0.5, 0.6) is 0 Å². The van der Waals surface area contributed by atoms with Crippen LogP contribution in [0.1, 0.15) is 59.4 Å². The molecule has 0 atom stereocenters. The number of aliphatic hydroxyl groups is 1. The number of piperazine rings is 1. The molecular formula is C23H36ClN2OY-. The number of hydrogen-bond acceptors (Lipinski definition) is 2. The van der Waals surface area contributed by atoms with Crippen LogP contribution in [0.3, 0.4) is 0 Å². The Morgan fingerprint density at radius 2 is 1.64 bits per heavy atom. The summed E-state index contributed by atoms with van der Waals surface area (Å²) in [6.45, 7) is 15.3. The first-order chi connectivity index (χ1) is 12.5. The van der Waals surface area contributed by atoms with E-state index >= 15 is 0 Å². The topological polar surface area (TPSA) is 37.6 Å². The molecule has 28 heavy (non-hydrogen) atoms. The molecule has 155 valence electrons. The minimum Gasteiger partial charge on any atom is -0.660 e. The molecule has 1 aliphatic heterocycles. The molecule has 0 spiro atoms. The molecule has 1 heterocycles. The molecule has 1 radical (unpaired) electrons. The van der Waals surface area contributed by atoms with Crippen LogP contribution in [-0.2, 0) is 32.7 Å². The number of allylic oxidation sites excluding steroid dienone is 1. The van der Waals surface area contributed by atoms with E-state index in [2.05, 4.69) is 36.2 Å². The third-order valence-corrected chi connectivity index (χ3v) is 5.18. The summed E-state index contributed by atoms with van der Waals surface area (Å²) in [5, 5.41) is 13.8. The second kappa shape index (κ2) is 11.6. The molecule has 1 aromatic rings. The smallest absolute Gasteiger partial charge is 0.0563 e. The van der Waals surface area contributed by atoms with E-state index in [9.17, 15) is 0 Å². The van der Waals surface area contributed by atoms with Crippen molar-refractivity contribution in [1.82, 2.24) is 4.90 Å². The van der Waals surface area contributed by atoms with Crippen molar-refractivity contribution in [3.05, 3.63) is 45.7 Å². The van der Waals surface area contributed by atoms with Crippen molar-refractivity contribution in [2.75, 3.05) is 32.7 Å². The van der Waals surface area contributed by atoms with Crippen LogP contribution >= 0.6 is 11.6 Å². The van der Waals surface area contributed by atoms with Gasteiger partial charge in [-0.1, -0.05) is 43.2 Å². The summed E-state index contributed by atoms with van der Waals surface area (Å²) in [5.74, 6) is 0. The average molecular weight is 481 g/mol. The van der Waals surface area contributed by atoms with Crippen molar-refractivity contribution in [2.45, 2.75) is 59.5 Å². The molecule has 2 aliphatic rings. The van der Waals surface area contributed by atoms with Crippen LogP contribution in [0, 0.1) is 5.41 Å². The van der Waals surface area contributed by atoms with Gasteiger partial charge in [-0.3, -0.25) is 0 Å². The van der Waals surface area contributed by atoms with E-state index in [-0.39, 0.29) is 32.7 Å². The molecule has 0 amide bonds. The first-order valence-electron chi connectivity index (χ1n) is 10.1. The maximum Gasteiger partial charge on any atom is 0.0563 e. The minimum absolute atomic E-state index is 0. The van der Waals surface area contributed by atoms with Gasteiger partial charge in [-0.2, -0.15) is 0 Å². The van der Waals surface area contributed by atoms with Gasteiger partial charge in [0.05, 0.1) is 5.60 Å². The zero-order valence-electron chi connectivity index (χ0n) is 18.3. The van der Waals surface area contributed by atoms with E-state index < -0.39 is 5.60 Å². The molecule has 1 aliphatic carbocycles. The summed E-state index contributed by atoms with van der Waals surface area (Å²) in [5.41, 5.74) is 4.46. The van der Waals surface area contributed by atoms with Gasteiger partial charge in [0.25, 0.3) is 0 Å². The van der Waals surface area contributed by atoms with E-state index in [0.29, 0.717) is 5.41 Å². The quantitative estimate of drug-likeness (QED) is 0.596. The molecular weight excluding hydrogens is 445 g/mol. The molecule has 1 fully saturated rings. The molecule has 0 saturated carbocycles. The van der Waals surface area contributed by atoms with Crippen LogP contribution < -0.4 is 0 Å². The third-order valence-electron chi connectivity index (χ3n) is 4.93. The van der Waals surface area contributed by atoms with Gasteiger partial charge in [-0.05, 0) is 81.8 Å². The number of rotatable bonds is 3. The monoisotopic (exact) mass is 480 g/mol. The fraction of sp³-hybridized carbons (Fsp3) is 0.652. The minimum atomic E-state index is -0.500. The van der Waals surface area contributed by atoms with Gasteiger partial charge >= 0.3 is 0 Å². The fourth-order valence-corrected chi connectivity index (χ4v) is 3.77. The number of hydrogen-bond donors (Lipinski definition) is 1. The van der Waals surface area contributed by atoms with Crippen molar-refractivity contribution in [1.29, 1.82) is 0 Å². The summed E-state index contributed by atoms with van der Waals surface area (Å²) < 4.78 is 0. The van der Waals surface area contributed by atoms with Gasteiger partial charge in [0.2, 0.25) is 0 Å². The van der Waals surface area contributed by atoms with Crippen LogP contribution in [0.15, 0.2) is 29.8 Å². The zero-order chi connectivity index (χ0) is 20.1. The predicted molar refractivity (Wildman–Crippen MR) is 118 cm³/mol. The summed E-state index contributed by atoms with van der Waals surface area (Å²) >= 11 is 6.05. The molecule has 1 aromatic carbocycles. The van der Waals surface area contributed by atoms with Crippen molar-refractivity contribution >= 4 is 17.2 Å². The Morgan fingerprint density at radius 1 is 1.11 bits per heavy atom. The Bertz CT molecular complexity index is 623. The number of halogens is 1. The van der Waals surface area contributed by atoms with E-state index in [1.165, 1.54) is 24.8 Å². The molecule has 3 nitrogen and oxygen atoms in total. The molecule has 3 rings (SSSR count). The average Bonchev–Trinajstić information content (AvgIpc) is 2.55. The molecule has 1 N–H and O–H groups in total. The van der Waals surface area contributed by atoms with Crippen molar-refractivity contribution in [3.8, 4) is 0 Å². The Labute approximate surface area is 202 Å². The Morgan fingerprint density at radius 3 is 2.18 bits per heavy atom. The summed E-state index contributed by atoms with van der Waals surface area (Å²) in [6.07, 6.45) is 3.66. The first-order valence-corrected chi connectivity index (χ1v) is 10.5. The summed E-state index contributed by atoms with van der Waals surface area (Å²) in [4.78, 5) is 2.57. The summed E-state index contributed by atoms with van der Waals surface area (Å²) in [7, 11) is 0. The van der Waals surface area contributed by atoms with E-state index in [1.807, 2.05) is 12.1 Å². The first kappa shape index (κ1) is 26.3.